The van der Waals surface area contributed by atoms with Gasteiger partial charge >= 0.3 is 0 Å². The van der Waals surface area contributed by atoms with Gasteiger partial charge in [-0.05, 0) is 24.1 Å². The van der Waals surface area contributed by atoms with Gasteiger partial charge in [0.1, 0.15) is 12.1 Å². The van der Waals surface area contributed by atoms with E-state index < -0.39 is 0 Å². The van der Waals surface area contributed by atoms with E-state index in [9.17, 15) is 0 Å². The fraction of sp³-hybridized carbons (Fsp3) is 0.235. The summed E-state index contributed by atoms with van der Waals surface area (Å²) in [5.74, 6) is 1.33. The molecule has 1 fully saturated rings. The first-order valence-electron chi connectivity index (χ1n) is 6.70. The average molecular weight is 249 g/mol. The van der Waals surface area contributed by atoms with Crippen LogP contribution in [-0.2, 0) is 4.74 Å². The molecule has 2 nitrogen and oxygen atoms in total. The van der Waals surface area contributed by atoms with E-state index >= 15 is 0 Å². The Morgan fingerprint density at radius 1 is 0.947 bits per heavy atom. The molecule has 1 aliphatic heterocycles. The van der Waals surface area contributed by atoms with Crippen LogP contribution in [0.15, 0.2) is 65.7 Å². The number of hydrogen-bond donors (Lipinski definition) is 0. The molecule has 0 N–H and O–H groups in total. The van der Waals surface area contributed by atoms with Crippen LogP contribution in [0.1, 0.15) is 23.5 Å². The maximum atomic E-state index is 5.82. The van der Waals surface area contributed by atoms with Gasteiger partial charge in [0.2, 0.25) is 5.90 Å². The van der Waals surface area contributed by atoms with Gasteiger partial charge in [-0.25, -0.2) is 4.99 Å². The first kappa shape index (κ1) is 10.8. The van der Waals surface area contributed by atoms with Gasteiger partial charge in [-0.3, -0.25) is 0 Å². The maximum absolute atomic E-state index is 5.82. The van der Waals surface area contributed by atoms with Crippen molar-refractivity contribution >= 4 is 5.90 Å². The van der Waals surface area contributed by atoms with E-state index in [1.54, 1.807) is 0 Å². The quantitative estimate of drug-likeness (QED) is 0.799. The molecule has 0 bridgehead atoms. The Hall–Kier alpha value is -2.09. The maximum Gasteiger partial charge on any atom is 0.216 e. The molecule has 1 heterocycles. The second-order valence-electron chi connectivity index (χ2n) is 5.34. The molecular weight excluding hydrogens is 234 g/mol. The third-order valence-electron chi connectivity index (χ3n) is 4.05. The molecule has 0 aromatic heterocycles. The molecule has 0 amide bonds. The molecule has 1 saturated carbocycles. The lowest BCUT2D eigenvalue weighted by Crippen LogP contribution is -2.09. The first-order chi connectivity index (χ1) is 9.37. The van der Waals surface area contributed by atoms with Crippen LogP contribution >= 0.6 is 0 Å². The van der Waals surface area contributed by atoms with Gasteiger partial charge in [0, 0.05) is 11.5 Å². The van der Waals surface area contributed by atoms with Crippen molar-refractivity contribution in [3.05, 3.63) is 71.8 Å². The van der Waals surface area contributed by atoms with Crippen LogP contribution in [0.3, 0.4) is 0 Å². The number of rotatable bonds is 2. The highest BCUT2D eigenvalue weighted by atomic mass is 16.5. The molecule has 2 aromatic carbocycles. The fourth-order valence-corrected chi connectivity index (χ4v) is 2.88. The summed E-state index contributed by atoms with van der Waals surface area (Å²) in [7, 11) is 0. The lowest BCUT2D eigenvalue weighted by Gasteiger charge is -2.03. The van der Waals surface area contributed by atoms with Gasteiger partial charge in [0.25, 0.3) is 0 Å². The van der Waals surface area contributed by atoms with Crippen molar-refractivity contribution < 1.29 is 4.74 Å². The molecule has 0 unspecified atom stereocenters. The molecule has 1 spiro atoms. The summed E-state index contributed by atoms with van der Waals surface area (Å²) in [6.45, 7) is 0.719. The number of ether oxygens (including phenoxy) is 1. The molecular formula is C17H15NO. The van der Waals surface area contributed by atoms with Crippen molar-refractivity contribution in [3.63, 3.8) is 0 Å². The number of nitrogens with zero attached hydrogens (tertiary/aromatic N) is 1. The summed E-state index contributed by atoms with van der Waals surface area (Å²) in [6, 6.07) is 20.8. The Morgan fingerprint density at radius 3 is 2.37 bits per heavy atom. The van der Waals surface area contributed by atoms with Crippen LogP contribution in [0.5, 0.6) is 0 Å². The van der Waals surface area contributed by atoms with Gasteiger partial charge in [-0.1, -0.05) is 48.5 Å². The molecule has 2 atom stereocenters. The zero-order chi connectivity index (χ0) is 12.7. The molecule has 2 aliphatic rings. The van der Waals surface area contributed by atoms with Crippen molar-refractivity contribution in [2.24, 2.45) is 4.99 Å². The van der Waals surface area contributed by atoms with Crippen molar-refractivity contribution in [1.82, 2.24) is 0 Å². The third kappa shape index (κ3) is 1.75. The van der Waals surface area contributed by atoms with Gasteiger partial charge in [-0.15, -0.1) is 0 Å². The third-order valence-corrected chi connectivity index (χ3v) is 4.05. The van der Waals surface area contributed by atoms with Crippen LogP contribution in [0.2, 0.25) is 0 Å². The predicted molar refractivity (Wildman–Crippen MR) is 75.5 cm³/mol. The molecule has 0 saturated heterocycles. The highest BCUT2D eigenvalue weighted by molar-refractivity contribution is 5.95. The molecule has 94 valence electrons. The highest BCUT2D eigenvalue weighted by Crippen LogP contribution is 2.56. The Morgan fingerprint density at radius 2 is 1.63 bits per heavy atom. The zero-order valence-electron chi connectivity index (χ0n) is 10.6. The predicted octanol–water partition coefficient (Wildman–Crippen LogP) is 3.39. The standard InChI is InChI=1S/C17H15NO/c1-3-7-13(8-4-1)15-11-17(15)12-19-16(18-17)14-9-5-2-6-10-14/h1-10,15H,11-12H2/t15-,17+/m0/s1. The molecule has 2 heteroatoms. The summed E-state index contributed by atoms with van der Waals surface area (Å²) in [5, 5.41) is 0. The minimum atomic E-state index is 0.00648. The SMILES string of the molecule is c1ccc(C2=N[C@@]3(CO2)C[C@H]3c2ccccc2)cc1. The molecule has 2 aromatic rings. The van der Waals surface area contributed by atoms with E-state index in [2.05, 4.69) is 42.5 Å². The second-order valence-corrected chi connectivity index (χ2v) is 5.34. The number of hydrogen-bond acceptors (Lipinski definition) is 2. The van der Waals surface area contributed by atoms with Crippen molar-refractivity contribution in [2.45, 2.75) is 17.9 Å². The topological polar surface area (TPSA) is 21.6 Å². The van der Waals surface area contributed by atoms with Gasteiger partial charge < -0.3 is 4.74 Å². The summed E-state index contributed by atoms with van der Waals surface area (Å²) in [5.41, 5.74) is 2.47. The van der Waals surface area contributed by atoms with Crippen molar-refractivity contribution in [1.29, 1.82) is 0 Å². The van der Waals surface area contributed by atoms with E-state index in [0.29, 0.717) is 5.92 Å². The van der Waals surface area contributed by atoms with Crippen LogP contribution < -0.4 is 0 Å². The lowest BCUT2D eigenvalue weighted by molar-refractivity contribution is 0.307. The Labute approximate surface area is 112 Å². The summed E-state index contributed by atoms with van der Waals surface area (Å²) in [6.07, 6.45) is 1.10. The van der Waals surface area contributed by atoms with Gasteiger partial charge in [-0.2, -0.15) is 0 Å². The zero-order valence-corrected chi connectivity index (χ0v) is 10.6. The van der Waals surface area contributed by atoms with Crippen molar-refractivity contribution in [2.75, 3.05) is 6.61 Å². The Bertz CT molecular complexity index is 620. The van der Waals surface area contributed by atoms with Crippen LogP contribution in [0.4, 0.5) is 0 Å². The van der Waals surface area contributed by atoms with E-state index in [0.717, 1.165) is 24.5 Å². The number of aliphatic imine (C=N–C) groups is 1. The fourth-order valence-electron chi connectivity index (χ4n) is 2.88. The van der Waals surface area contributed by atoms with Gasteiger partial charge in [0.15, 0.2) is 0 Å². The minimum Gasteiger partial charge on any atom is -0.475 e. The van der Waals surface area contributed by atoms with E-state index in [-0.39, 0.29) is 5.54 Å². The lowest BCUT2D eigenvalue weighted by atomic mass is 10.1. The van der Waals surface area contributed by atoms with E-state index in [4.69, 9.17) is 9.73 Å². The largest absolute Gasteiger partial charge is 0.475 e. The summed E-state index contributed by atoms with van der Waals surface area (Å²) in [4.78, 5) is 4.85. The van der Waals surface area contributed by atoms with E-state index in [1.165, 1.54) is 5.56 Å². The Kier molecular flexibility index (Phi) is 2.25. The monoisotopic (exact) mass is 249 g/mol. The number of benzene rings is 2. The van der Waals surface area contributed by atoms with Crippen LogP contribution in [-0.4, -0.2) is 18.0 Å². The smallest absolute Gasteiger partial charge is 0.216 e. The first-order valence-corrected chi connectivity index (χ1v) is 6.70. The molecule has 1 aliphatic carbocycles. The molecule has 4 rings (SSSR count). The second kappa shape index (κ2) is 3.95. The summed E-state index contributed by atoms with van der Waals surface area (Å²) >= 11 is 0. The summed E-state index contributed by atoms with van der Waals surface area (Å²) < 4.78 is 5.82. The van der Waals surface area contributed by atoms with Crippen LogP contribution in [0.25, 0.3) is 0 Å². The highest BCUT2D eigenvalue weighted by Gasteiger charge is 2.58. The van der Waals surface area contributed by atoms with Gasteiger partial charge in [0.05, 0.1) is 0 Å². The molecule has 0 radical (unpaired) electrons. The van der Waals surface area contributed by atoms with E-state index in [1.807, 2.05) is 18.2 Å². The minimum absolute atomic E-state index is 0.00648. The van der Waals surface area contributed by atoms with Crippen LogP contribution in [0, 0.1) is 0 Å². The normalized spacial score (nSPS) is 28.0. The Balaban J connectivity index is 1.62. The average Bonchev–Trinajstić information content (AvgIpc) is 3.01. The van der Waals surface area contributed by atoms with Crippen molar-refractivity contribution in [3.8, 4) is 0 Å². The molecule has 19 heavy (non-hydrogen) atoms.